The van der Waals surface area contributed by atoms with Crippen LogP contribution >= 0.6 is 12.2 Å². The first-order valence-corrected chi connectivity index (χ1v) is 8.53. The van der Waals surface area contributed by atoms with Crippen LogP contribution in [0.4, 0.5) is 0 Å². The van der Waals surface area contributed by atoms with E-state index >= 15 is 0 Å². The van der Waals surface area contributed by atoms with Crippen molar-refractivity contribution in [1.29, 1.82) is 0 Å². The van der Waals surface area contributed by atoms with Gasteiger partial charge in [0.05, 0.1) is 12.7 Å². The Hall–Kier alpha value is -2.87. The van der Waals surface area contributed by atoms with Crippen LogP contribution < -0.4 is 0 Å². The lowest BCUT2D eigenvalue weighted by atomic mass is 10.2. The Kier molecular flexibility index (Phi) is 4.34. The van der Waals surface area contributed by atoms with Gasteiger partial charge in [-0.05, 0) is 42.8 Å². The zero-order chi connectivity index (χ0) is 17.1. The molecule has 1 aromatic carbocycles. The number of rotatable bonds is 6. The molecule has 0 bridgehead atoms. The number of nitrogens with zero attached hydrogens (tertiary/aromatic N) is 6. The smallest absolute Gasteiger partial charge is 0.216 e. The van der Waals surface area contributed by atoms with Crippen LogP contribution in [0.5, 0.6) is 0 Å². The van der Waals surface area contributed by atoms with Crippen molar-refractivity contribution < 1.29 is 0 Å². The third-order valence-electron chi connectivity index (χ3n) is 3.90. The van der Waals surface area contributed by atoms with Crippen molar-refractivity contribution in [3.05, 3.63) is 64.5 Å². The van der Waals surface area contributed by atoms with Gasteiger partial charge in [0, 0.05) is 12.1 Å². The molecule has 2 aromatic heterocycles. The standard InChI is InChI=1S/C17H17N7S/c25-17-21-20-16(14-8-9-14)24(17)18-10-4-7-15-12-23(22-19-15)11-13-5-2-1-3-6-13/h1-7,10,12,14H,8-9,11H2,(H,21,25)/b7-4+,18-10-. The van der Waals surface area contributed by atoms with Gasteiger partial charge in [-0.1, -0.05) is 35.5 Å². The van der Waals surface area contributed by atoms with E-state index in [0.29, 0.717) is 17.2 Å². The molecule has 1 aliphatic carbocycles. The molecule has 0 aliphatic heterocycles. The summed E-state index contributed by atoms with van der Waals surface area (Å²) in [5.41, 5.74) is 1.96. The van der Waals surface area contributed by atoms with E-state index < -0.39 is 0 Å². The summed E-state index contributed by atoms with van der Waals surface area (Å²) < 4.78 is 4.01. The Labute approximate surface area is 149 Å². The summed E-state index contributed by atoms with van der Waals surface area (Å²) in [4.78, 5) is 0. The van der Waals surface area contributed by atoms with Crippen molar-refractivity contribution in [2.24, 2.45) is 5.10 Å². The molecule has 0 saturated heterocycles. The van der Waals surface area contributed by atoms with Crippen LogP contribution in [0.1, 0.15) is 35.8 Å². The molecule has 126 valence electrons. The lowest BCUT2D eigenvalue weighted by molar-refractivity contribution is 0.649. The topological polar surface area (TPSA) is 76.7 Å². The number of hydrogen-bond acceptors (Lipinski definition) is 5. The highest BCUT2D eigenvalue weighted by atomic mass is 32.1. The number of hydrogen-bond donors (Lipinski definition) is 1. The Morgan fingerprint density at radius 3 is 2.92 bits per heavy atom. The summed E-state index contributed by atoms with van der Waals surface area (Å²) in [7, 11) is 0. The molecule has 2 heterocycles. The average molecular weight is 351 g/mol. The summed E-state index contributed by atoms with van der Waals surface area (Å²) in [6, 6.07) is 10.2. The Bertz CT molecular complexity index is 960. The third kappa shape index (κ3) is 3.80. The van der Waals surface area contributed by atoms with Crippen LogP contribution in [0.25, 0.3) is 6.08 Å². The maximum atomic E-state index is 5.21. The lowest BCUT2D eigenvalue weighted by Gasteiger charge is -1.98. The van der Waals surface area contributed by atoms with Gasteiger partial charge in [-0.15, -0.1) is 5.10 Å². The predicted molar refractivity (Wildman–Crippen MR) is 97.9 cm³/mol. The molecule has 4 rings (SSSR count). The lowest BCUT2D eigenvalue weighted by Crippen LogP contribution is -1.99. The van der Waals surface area contributed by atoms with E-state index in [-0.39, 0.29) is 0 Å². The third-order valence-corrected chi connectivity index (χ3v) is 4.16. The van der Waals surface area contributed by atoms with Crippen LogP contribution in [-0.4, -0.2) is 36.1 Å². The fourth-order valence-corrected chi connectivity index (χ4v) is 2.69. The first-order valence-electron chi connectivity index (χ1n) is 8.12. The van der Waals surface area contributed by atoms with Crippen molar-refractivity contribution in [3.63, 3.8) is 0 Å². The van der Waals surface area contributed by atoms with Crippen LogP contribution in [0.3, 0.4) is 0 Å². The van der Waals surface area contributed by atoms with Crippen LogP contribution in [0.2, 0.25) is 0 Å². The highest BCUT2D eigenvalue weighted by Crippen LogP contribution is 2.38. The molecule has 3 aromatic rings. The van der Waals surface area contributed by atoms with Gasteiger partial charge in [-0.2, -0.15) is 14.9 Å². The number of benzene rings is 1. The first kappa shape index (κ1) is 15.6. The number of nitrogens with one attached hydrogen (secondary N) is 1. The van der Waals surface area contributed by atoms with E-state index in [1.807, 2.05) is 41.2 Å². The minimum atomic E-state index is 0.479. The zero-order valence-corrected chi connectivity index (χ0v) is 14.3. The van der Waals surface area contributed by atoms with Gasteiger partial charge in [0.2, 0.25) is 4.77 Å². The van der Waals surface area contributed by atoms with E-state index in [9.17, 15) is 0 Å². The van der Waals surface area contributed by atoms with Crippen molar-refractivity contribution >= 4 is 24.5 Å². The summed E-state index contributed by atoms with van der Waals surface area (Å²) in [5, 5.41) is 19.7. The fraction of sp³-hybridized carbons (Fsp3) is 0.235. The predicted octanol–water partition coefficient (Wildman–Crippen LogP) is 3.01. The molecule has 0 unspecified atom stereocenters. The van der Waals surface area contributed by atoms with E-state index in [1.165, 1.54) is 5.56 Å². The summed E-state index contributed by atoms with van der Waals surface area (Å²) >= 11 is 5.21. The van der Waals surface area contributed by atoms with E-state index in [2.05, 4.69) is 37.7 Å². The van der Waals surface area contributed by atoms with Gasteiger partial charge >= 0.3 is 0 Å². The molecular formula is C17H17N7S. The summed E-state index contributed by atoms with van der Waals surface area (Å²) in [5.74, 6) is 1.38. The molecule has 1 saturated carbocycles. The zero-order valence-electron chi connectivity index (χ0n) is 13.5. The van der Waals surface area contributed by atoms with Gasteiger partial charge in [0.1, 0.15) is 5.69 Å². The van der Waals surface area contributed by atoms with Gasteiger partial charge in [0.15, 0.2) is 5.82 Å². The number of aromatic amines is 1. The molecule has 1 aliphatic rings. The maximum absolute atomic E-state index is 5.21. The number of allylic oxidation sites excluding steroid dienone is 1. The fourth-order valence-electron chi connectivity index (χ4n) is 2.51. The highest BCUT2D eigenvalue weighted by molar-refractivity contribution is 7.71. The maximum Gasteiger partial charge on any atom is 0.216 e. The van der Waals surface area contributed by atoms with Crippen molar-refractivity contribution in [1.82, 2.24) is 29.9 Å². The van der Waals surface area contributed by atoms with Crippen molar-refractivity contribution in [2.75, 3.05) is 0 Å². The minimum absolute atomic E-state index is 0.479. The molecule has 0 radical (unpaired) electrons. The quantitative estimate of drug-likeness (QED) is 0.547. The average Bonchev–Trinajstić information content (AvgIpc) is 3.27. The molecule has 8 heteroatoms. The summed E-state index contributed by atoms with van der Waals surface area (Å²) in [6.07, 6.45) is 9.57. The Morgan fingerprint density at radius 2 is 2.12 bits per heavy atom. The molecule has 7 nitrogen and oxygen atoms in total. The summed E-state index contributed by atoms with van der Waals surface area (Å²) in [6.45, 7) is 0.699. The second-order valence-electron chi connectivity index (χ2n) is 5.92. The number of aromatic nitrogens is 6. The minimum Gasteiger partial charge on any atom is -0.250 e. The van der Waals surface area contributed by atoms with Crippen molar-refractivity contribution in [3.8, 4) is 0 Å². The number of H-pyrrole nitrogens is 1. The second kappa shape index (κ2) is 6.94. The van der Waals surface area contributed by atoms with E-state index in [0.717, 1.165) is 24.4 Å². The first-order chi connectivity index (χ1) is 12.3. The van der Waals surface area contributed by atoms with Crippen LogP contribution in [-0.2, 0) is 6.54 Å². The van der Waals surface area contributed by atoms with Crippen LogP contribution in [0.15, 0.2) is 47.7 Å². The molecule has 25 heavy (non-hydrogen) atoms. The van der Waals surface area contributed by atoms with Crippen molar-refractivity contribution in [2.45, 2.75) is 25.3 Å². The normalized spacial score (nSPS) is 14.7. The molecule has 0 atom stereocenters. The monoisotopic (exact) mass is 351 g/mol. The Morgan fingerprint density at radius 1 is 1.28 bits per heavy atom. The SMILES string of the molecule is S=c1[nH]nc(C2CC2)n1/N=C\C=C\c1cn(Cc2ccccc2)nn1. The van der Waals surface area contributed by atoms with Gasteiger partial charge in [-0.25, -0.2) is 4.68 Å². The second-order valence-corrected chi connectivity index (χ2v) is 6.31. The van der Waals surface area contributed by atoms with E-state index in [1.54, 1.807) is 10.9 Å². The molecule has 1 fully saturated rings. The van der Waals surface area contributed by atoms with Gasteiger partial charge in [0.25, 0.3) is 0 Å². The van der Waals surface area contributed by atoms with Gasteiger partial charge < -0.3 is 0 Å². The molecule has 0 spiro atoms. The molecule has 1 N–H and O–H groups in total. The largest absolute Gasteiger partial charge is 0.250 e. The Balaban J connectivity index is 1.41. The molecule has 0 amide bonds. The molecular weight excluding hydrogens is 334 g/mol. The highest BCUT2D eigenvalue weighted by Gasteiger charge is 2.29. The van der Waals surface area contributed by atoms with Gasteiger partial charge in [-0.3, -0.25) is 5.10 Å². The van der Waals surface area contributed by atoms with Crippen LogP contribution in [0, 0.1) is 4.77 Å². The van der Waals surface area contributed by atoms with E-state index in [4.69, 9.17) is 12.2 Å².